The van der Waals surface area contributed by atoms with E-state index in [4.69, 9.17) is 8.39 Å². The Morgan fingerprint density at radius 2 is 1.22 bits per heavy atom. The molecule has 0 aliphatic heterocycles. The Labute approximate surface area is 139 Å². The number of aryl methyl sites for hydroxylation is 1. The van der Waals surface area contributed by atoms with Crippen LogP contribution in [0.5, 0.6) is 0 Å². The van der Waals surface area contributed by atoms with E-state index in [1.54, 1.807) is 11.4 Å². The third-order valence-corrected chi connectivity index (χ3v) is 6.46. The van der Waals surface area contributed by atoms with E-state index in [0.29, 0.717) is 0 Å². The lowest BCUT2D eigenvalue weighted by Gasteiger charge is -1.99. The van der Waals surface area contributed by atoms with E-state index in [1.165, 1.54) is 5.56 Å². The van der Waals surface area contributed by atoms with Crippen LogP contribution >= 0.6 is 18.6 Å². The zero-order valence-electron chi connectivity index (χ0n) is 12.6. The van der Waals surface area contributed by atoms with Gasteiger partial charge < -0.3 is 8.39 Å². The van der Waals surface area contributed by atoms with Crippen LogP contribution in [0.2, 0.25) is 0 Å². The normalized spacial score (nSPS) is 11.0. The van der Waals surface area contributed by atoms with Crippen LogP contribution in [-0.4, -0.2) is 0 Å². The van der Waals surface area contributed by atoms with Crippen LogP contribution < -0.4 is 0 Å². The largest absolute Gasteiger partial charge is 0.411 e. The van der Waals surface area contributed by atoms with Crippen LogP contribution in [-0.2, 0) is 0 Å². The molecule has 0 atom stereocenters. The minimum atomic E-state index is -1.14. The maximum atomic E-state index is 6.18. The van der Waals surface area contributed by atoms with Crippen LogP contribution in [0.15, 0.2) is 86.1 Å². The lowest BCUT2D eigenvalue weighted by atomic mass is 10.1. The molecule has 0 radical (unpaired) electrons. The van der Waals surface area contributed by atoms with Crippen LogP contribution in [0, 0.1) is 6.92 Å². The highest BCUT2D eigenvalue weighted by atomic mass is 32.7. The van der Waals surface area contributed by atoms with Gasteiger partial charge in [0, 0.05) is 27.0 Å². The molecule has 1 aromatic heterocycles. The second kappa shape index (κ2) is 6.19. The first kappa shape index (κ1) is 14.5. The quantitative estimate of drug-likeness (QED) is 0.388. The highest BCUT2D eigenvalue weighted by Gasteiger charge is 2.07. The molecule has 3 aromatic carbocycles. The zero-order chi connectivity index (χ0) is 15.6. The smallest absolute Gasteiger partial charge is 0.291 e. The molecule has 0 spiro atoms. The van der Waals surface area contributed by atoms with E-state index in [9.17, 15) is 0 Å². The third kappa shape index (κ3) is 3.03. The maximum Gasteiger partial charge on any atom is 0.291 e. The summed E-state index contributed by atoms with van der Waals surface area (Å²) in [5.41, 5.74) is 3.01. The average Bonchev–Trinajstić information content (AvgIpc) is 2.73. The van der Waals surface area contributed by atoms with E-state index in [1.807, 2.05) is 36.4 Å². The number of para-hydroxylation sites is 2. The van der Waals surface area contributed by atoms with E-state index in [2.05, 4.69) is 43.3 Å². The molecular formula is C19H15O2PS. The minimum absolute atomic E-state index is 0.878. The van der Waals surface area contributed by atoms with Gasteiger partial charge in [-0.2, -0.15) is 0 Å². The van der Waals surface area contributed by atoms with Crippen molar-refractivity contribution >= 4 is 40.5 Å². The van der Waals surface area contributed by atoms with Crippen molar-refractivity contribution in [3.63, 3.8) is 0 Å². The van der Waals surface area contributed by atoms with Crippen molar-refractivity contribution < 1.29 is 8.39 Å². The lowest BCUT2D eigenvalue weighted by molar-refractivity contribution is 0.658. The van der Waals surface area contributed by atoms with Crippen LogP contribution in [0.25, 0.3) is 21.9 Å². The van der Waals surface area contributed by atoms with Gasteiger partial charge in [0.05, 0.1) is 0 Å². The van der Waals surface area contributed by atoms with Crippen LogP contribution in [0.3, 0.4) is 0 Å². The van der Waals surface area contributed by atoms with Crippen molar-refractivity contribution in [1.29, 1.82) is 0 Å². The molecule has 4 rings (SSSR count). The third-order valence-electron chi connectivity index (χ3n) is 3.61. The van der Waals surface area contributed by atoms with E-state index < -0.39 is 7.22 Å². The molecule has 4 aromatic rings. The second-order valence-electron chi connectivity index (χ2n) is 5.30. The Balaban J connectivity index is 1.93. The summed E-state index contributed by atoms with van der Waals surface area (Å²) >= 11 is 1.63. The van der Waals surface area contributed by atoms with Gasteiger partial charge in [0.2, 0.25) is 0 Å². The molecule has 4 heteroatoms. The molecule has 0 unspecified atom stereocenters. The lowest BCUT2D eigenvalue weighted by Crippen LogP contribution is -1.70. The highest BCUT2D eigenvalue weighted by molar-refractivity contribution is 8.49. The Kier molecular flexibility index (Phi) is 3.90. The summed E-state index contributed by atoms with van der Waals surface area (Å²) in [7, 11) is -1.14. The van der Waals surface area contributed by atoms with Gasteiger partial charge in [-0.15, -0.1) is 0 Å². The van der Waals surface area contributed by atoms with Crippen LogP contribution in [0.4, 0.5) is 0 Å². The topological polar surface area (TPSA) is 26.3 Å². The molecule has 0 fully saturated rings. The van der Waals surface area contributed by atoms with E-state index >= 15 is 0 Å². The number of hydrogen-bond acceptors (Lipinski definition) is 3. The van der Waals surface area contributed by atoms with Crippen molar-refractivity contribution in [3.05, 3.63) is 78.4 Å². The van der Waals surface area contributed by atoms with Crippen molar-refractivity contribution in [2.24, 2.45) is 0 Å². The minimum Gasteiger partial charge on any atom is -0.411 e. The molecule has 0 aliphatic carbocycles. The number of rotatable bonds is 2. The van der Waals surface area contributed by atoms with Gasteiger partial charge in [0.25, 0.3) is 7.22 Å². The Bertz CT molecular complexity index is 948. The van der Waals surface area contributed by atoms with Gasteiger partial charge >= 0.3 is 0 Å². The Morgan fingerprint density at radius 1 is 0.696 bits per heavy atom. The molecule has 0 aliphatic rings. The Morgan fingerprint density at radius 3 is 1.78 bits per heavy atom. The fourth-order valence-electron chi connectivity index (χ4n) is 2.44. The first-order valence-electron chi connectivity index (χ1n) is 7.39. The van der Waals surface area contributed by atoms with Gasteiger partial charge in [-0.25, -0.2) is 0 Å². The summed E-state index contributed by atoms with van der Waals surface area (Å²) < 4.78 is 12.4. The van der Waals surface area contributed by atoms with Crippen molar-refractivity contribution in [2.75, 3.05) is 0 Å². The predicted molar refractivity (Wildman–Crippen MR) is 98.8 cm³/mol. The molecule has 0 bridgehead atoms. The zero-order valence-corrected chi connectivity index (χ0v) is 14.3. The fourth-order valence-corrected chi connectivity index (χ4v) is 5.21. The number of fused-ring (bicyclic) bond motifs is 3. The first-order valence-corrected chi connectivity index (χ1v) is 9.99. The molecule has 0 amide bonds. The maximum absolute atomic E-state index is 6.18. The Hall–Kier alpha value is -2.09. The molecule has 23 heavy (non-hydrogen) atoms. The summed E-state index contributed by atoms with van der Waals surface area (Å²) in [4.78, 5) is 1.15. The standard InChI is InChI=1S/C19H15O2PS/c1-14-10-12-15(13-11-14)23-22-20-18-8-4-2-6-16(18)17-7-3-5-9-19(17)21-22/h2-13H,1H3. The molecule has 0 saturated carbocycles. The molecular weight excluding hydrogens is 323 g/mol. The summed E-state index contributed by atoms with van der Waals surface area (Å²) in [6.45, 7) is 2.09. The second-order valence-corrected chi connectivity index (χ2v) is 8.21. The van der Waals surface area contributed by atoms with Gasteiger partial charge in [-0.3, -0.25) is 0 Å². The molecule has 0 saturated heterocycles. The highest BCUT2D eigenvalue weighted by Crippen LogP contribution is 2.48. The summed E-state index contributed by atoms with van der Waals surface area (Å²) in [6, 6.07) is 24.6. The summed E-state index contributed by atoms with van der Waals surface area (Å²) in [5.74, 6) is 0. The summed E-state index contributed by atoms with van der Waals surface area (Å²) in [6.07, 6.45) is 0. The first-order chi connectivity index (χ1) is 11.3. The van der Waals surface area contributed by atoms with Gasteiger partial charge in [-0.05, 0) is 31.2 Å². The van der Waals surface area contributed by atoms with Crippen LogP contribution in [0.1, 0.15) is 5.56 Å². The number of benzene rings is 3. The SMILES string of the molecule is Cc1ccc(Sp2oc3ccccc3c3ccccc3o2)cc1. The molecule has 114 valence electrons. The fraction of sp³-hybridized carbons (Fsp3) is 0.0526. The van der Waals surface area contributed by atoms with E-state index in [-0.39, 0.29) is 0 Å². The van der Waals surface area contributed by atoms with Gasteiger partial charge in [0.15, 0.2) is 0 Å². The van der Waals surface area contributed by atoms with Crippen molar-refractivity contribution in [1.82, 2.24) is 0 Å². The molecule has 1 heterocycles. The van der Waals surface area contributed by atoms with Gasteiger partial charge in [0.1, 0.15) is 11.2 Å². The monoisotopic (exact) mass is 338 g/mol. The van der Waals surface area contributed by atoms with Gasteiger partial charge in [-0.1, -0.05) is 54.1 Å². The van der Waals surface area contributed by atoms with E-state index in [0.717, 1.165) is 26.8 Å². The molecule has 2 nitrogen and oxygen atoms in total. The predicted octanol–water partition coefficient (Wildman–Crippen LogP) is 7.15. The summed E-state index contributed by atoms with van der Waals surface area (Å²) in [5, 5.41) is 2.16. The number of hydrogen-bond donors (Lipinski definition) is 0. The van der Waals surface area contributed by atoms with Crippen molar-refractivity contribution in [2.45, 2.75) is 11.8 Å². The molecule has 0 N–H and O–H groups in total. The average molecular weight is 338 g/mol. The van der Waals surface area contributed by atoms with Crippen molar-refractivity contribution in [3.8, 4) is 0 Å².